The van der Waals surface area contributed by atoms with E-state index < -0.39 is 0 Å². The average molecular weight is 375 g/mol. The second-order valence-corrected chi connectivity index (χ2v) is 6.64. The molecule has 5 nitrogen and oxygen atoms in total. The zero-order valence-electron chi connectivity index (χ0n) is 16.2. The highest BCUT2D eigenvalue weighted by molar-refractivity contribution is 5.94. The molecule has 0 aliphatic rings. The Hall–Kier alpha value is -3.34. The number of carbonyl (C=O) groups is 1. The van der Waals surface area contributed by atoms with Gasteiger partial charge in [-0.25, -0.2) is 0 Å². The van der Waals surface area contributed by atoms with Gasteiger partial charge in [-0.1, -0.05) is 36.4 Å². The summed E-state index contributed by atoms with van der Waals surface area (Å²) in [6.07, 6.45) is 5.09. The Morgan fingerprint density at radius 3 is 2.68 bits per heavy atom. The number of rotatable bonds is 8. The first kappa shape index (κ1) is 19.4. The summed E-state index contributed by atoms with van der Waals surface area (Å²) in [4.78, 5) is 16.6. The van der Waals surface area contributed by atoms with Crippen LogP contribution in [-0.2, 0) is 6.42 Å². The molecule has 0 saturated carbocycles. The third kappa shape index (κ3) is 5.33. The zero-order valence-corrected chi connectivity index (χ0v) is 16.2. The number of hydrogen-bond donors (Lipinski definition) is 2. The molecule has 3 rings (SSSR count). The first-order valence-electron chi connectivity index (χ1n) is 9.34. The van der Waals surface area contributed by atoms with Crippen molar-refractivity contribution < 1.29 is 9.53 Å². The molecular formula is C23H25N3O2. The third-order valence-corrected chi connectivity index (χ3v) is 4.41. The molecule has 0 radical (unpaired) electrons. The zero-order chi connectivity index (χ0) is 19.8. The van der Waals surface area contributed by atoms with E-state index in [1.165, 1.54) is 5.56 Å². The van der Waals surface area contributed by atoms with Crippen molar-refractivity contribution >= 4 is 17.3 Å². The van der Waals surface area contributed by atoms with E-state index in [0.717, 1.165) is 35.5 Å². The van der Waals surface area contributed by atoms with Gasteiger partial charge in [-0.2, -0.15) is 0 Å². The van der Waals surface area contributed by atoms with E-state index >= 15 is 0 Å². The number of hydrogen-bond acceptors (Lipinski definition) is 4. The second-order valence-electron chi connectivity index (χ2n) is 6.64. The molecule has 2 N–H and O–H groups in total. The fraction of sp³-hybridized carbons (Fsp3) is 0.217. The Kier molecular flexibility index (Phi) is 6.63. The quantitative estimate of drug-likeness (QED) is 0.569. The summed E-state index contributed by atoms with van der Waals surface area (Å²) in [5, 5.41) is 6.24. The molecule has 0 aliphatic carbocycles. The number of methoxy groups -OCH3 is 1. The van der Waals surface area contributed by atoms with Crippen LogP contribution in [0.15, 0.2) is 67.0 Å². The summed E-state index contributed by atoms with van der Waals surface area (Å²) in [5.74, 6) is 0.613. The molecule has 0 unspecified atom stereocenters. The van der Waals surface area contributed by atoms with Crippen LogP contribution in [0.25, 0.3) is 0 Å². The fourth-order valence-corrected chi connectivity index (χ4v) is 2.95. The van der Waals surface area contributed by atoms with E-state index in [2.05, 4.69) is 27.8 Å². The van der Waals surface area contributed by atoms with Gasteiger partial charge in [0, 0.05) is 12.7 Å². The van der Waals surface area contributed by atoms with E-state index in [-0.39, 0.29) is 5.91 Å². The van der Waals surface area contributed by atoms with Crippen molar-refractivity contribution in [3.63, 3.8) is 0 Å². The lowest BCUT2D eigenvalue weighted by atomic mass is 10.1. The Balaban J connectivity index is 1.58. The summed E-state index contributed by atoms with van der Waals surface area (Å²) in [6.45, 7) is 2.64. The lowest BCUT2D eigenvalue weighted by Crippen LogP contribution is -2.25. The number of aryl methyl sites for hydroxylation is 2. The molecule has 1 aromatic heterocycles. The molecule has 2 aromatic carbocycles. The first-order chi connectivity index (χ1) is 13.7. The fourth-order valence-electron chi connectivity index (χ4n) is 2.95. The maximum atomic E-state index is 12.4. The van der Waals surface area contributed by atoms with E-state index in [0.29, 0.717) is 12.1 Å². The van der Waals surface area contributed by atoms with Crippen LogP contribution in [-0.4, -0.2) is 24.5 Å². The van der Waals surface area contributed by atoms with Gasteiger partial charge in [-0.05, 0) is 49.1 Å². The van der Waals surface area contributed by atoms with E-state index in [9.17, 15) is 4.79 Å². The molecule has 5 heteroatoms. The highest BCUT2D eigenvalue weighted by Crippen LogP contribution is 2.28. The number of aromatic nitrogens is 1. The normalized spacial score (nSPS) is 10.4. The number of amides is 1. The van der Waals surface area contributed by atoms with Crippen LogP contribution in [0, 0.1) is 6.92 Å². The van der Waals surface area contributed by atoms with Crippen LogP contribution in [0.4, 0.5) is 11.4 Å². The van der Waals surface area contributed by atoms with Gasteiger partial charge in [0.05, 0.1) is 30.2 Å². The minimum atomic E-state index is -0.125. The number of nitrogens with one attached hydrogen (secondary N) is 2. The molecule has 0 aliphatic heterocycles. The minimum absolute atomic E-state index is 0.125. The number of benzene rings is 2. The number of pyridine rings is 1. The molecule has 0 spiro atoms. The van der Waals surface area contributed by atoms with Crippen molar-refractivity contribution in [1.82, 2.24) is 10.3 Å². The molecule has 0 fully saturated rings. The van der Waals surface area contributed by atoms with Gasteiger partial charge >= 0.3 is 0 Å². The predicted octanol–water partition coefficient (Wildman–Crippen LogP) is 4.50. The standard InChI is InChI=1S/C23H25N3O2/c1-17-10-11-22(28-2)21(13-17)26-20-14-19(15-24-16-20)23(27)25-12-6-9-18-7-4-3-5-8-18/h3-5,7-8,10-11,13-16,26H,6,9,12H2,1-2H3,(H,25,27). The average Bonchev–Trinajstić information content (AvgIpc) is 2.72. The van der Waals surface area contributed by atoms with Crippen LogP contribution in [0.5, 0.6) is 5.75 Å². The van der Waals surface area contributed by atoms with E-state index in [1.807, 2.05) is 43.3 Å². The lowest BCUT2D eigenvalue weighted by molar-refractivity contribution is 0.0953. The van der Waals surface area contributed by atoms with E-state index in [4.69, 9.17) is 4.74 Å². The van der Waals surface area contributed by atoms with E-state index in [1.54, 1.807) is 25.6 Å². The molecule has 3 aromatic rings. The van der Waals surface area contributed by atoms with Gasteiger partial charge in [0.25, 0.3) is 5.91 Å². The second kappa shape index (κ2) is 9.55. The maximum absolute atomic E-state index is 12.4. The largest absolute Gasteiger partial charge is 0.495 e. The molecule has 0 atom stereocenters. The highest BCUT2D eigenvalue weighted by Gasteiger charge is 2.09. The molecule has 1 amide bonds. The Morgan fingerprint density at radius 2 is 1.89 bits per heavy atom. The summed E-state index contributed by atoms with van der Waals surface area (Å²) in [5.41, 5.74) is 4.49. The first-order valence-corrected chi connectivity index (χ1v) is 9.34. The molecule has 0 saturated heterocycles. The molecular weight excluding hydrogens is 350 g/mol. The van der Waals surface area contributed by atoms with Crippen LogP contribution < -0.4 is 15.4 Å². The van der Waals surface area contributed by atoms with Crippen molar-refractivity contribution in [2.24, 2.45) is 0 Å². The van der Waals surface area contributed by atoms with Gasteiger partial charge in [-0.3, -0.25) is 9.78 Å². The highest BCUT2D eigenvalue weighted by atomic mass is 16.5. The van der Waals surface area contributed by atoms with Crippen molar-refractivity contribution in [3.8, 4) is 5.75 Å². The monoisotopic (exact) mass is 375 g/mol. The predicted molar refractivity (Wildman–Crippen MR) is 112 cm³/mol. The molecule has 144 valence electrons. The molecule has 28 heavy (non-hydrogen) atoms. The summed E-state index contributed by atoms with van der Waals surface area (Å²) in [6, 6.07) is 17.9. The van der Waals surface area contributed by atoms with Gasteiger partial charge in [0.2, 0.25) is 0 Å². The van der Waals surface area contributed by atoms with Gasteiger partial charge in [0.1, 0.15) is 5.75 Å². The minimum Gasteiger partial charge on any atom is -0.495 e. The van der Waals surface area contributed by atoms with Crippen LogP contribution in [0.3, 0.4) is 0 Å². The Labute approximate surface area is 165 Å². The number of ether oxygens (including phenoxy) is 1. The topological polar surface area (TPSA) is 63.2 Å². The van der Waals surface area contributed by atoms with Crippen molar-refractivity contribution in [2.45, 2.75) is 19.8 Å². The van der Waals surface area contributed by atoms with Crippen molar-refractivity contribution in [2.75, 3.05) is 19.0 Å². The summed E-state index contributed by atoms with van der Waals surface area (Å²) < 4.78 is 5.39. The van der Waals surface area contributed by atoms with Crippen molar-refractivity contribution in [1.29, 1.82) is 0 Å². The van der Waals surface area contributed by atoms with Crippen LogP contribution >= 0.6 is 0 Å². The number of anilines is 2. The molecule has 1 heterocycles. The SMILES string of the molecule is COc1ccc(C)cc1Nc1cncc(C(=O)NCCCc2ccccc2)c1. The van der Waals surface area contributed by atoms with Gasteiger partial charge < -0.3 is 15.4 Å². The van der Waals surface area contributed by atoms with Crippen LogP contribution in [0.1, 0.15) is 27.9 Å². The van der Waals surface area contributed by atoms with Crippen LogP contribution in [0.2, 0.25) is 0 Å². The summed E-state index contributed by atoms with van der Waals surface area (Å²) in [7, 11) is 1.63. The van der Waals surface area contributed by atoms with Gasteiger partial charge in [-0.15, -0.1) is 0 Å². The van der Waals surface area contributed by atoms with Crippen molar-refractivity contribution in [3.05, 3.63) is 83.7 Å². The number of carbonyl (C=O) groups excluding carboxylic acids is 1. The smallest absolute Gasteiger partial charge is 0.252 e. The molecule has 0 bridgehead atoms. The Bertz CT molecular complexity index is 926. The maximum Gasteiger partial charge on any atom is 0.252 e. The van der Waals surface area contributed by atoms with Gasteiger partial charge in [0.15, 0.2) is 0 Å². The number of nitrogens with zero attached hydrogens (tertiary/aromatic N) is 1. The summed E-state index contributed by atoms with van der Waals surface area (Å²) >= 11 is 0. The lowest BCUT2D eigenvalue weighted by Gasteiger charge is -2.12. The Morgan fingerprint density at radius 1 is 1.07 bits per heavy atom. The third-order valence-electron chi connectivity index (χ3n) is 4.41.